The standard InChI is InChI=1S/C18H12BrF3N2O/c19-11-6-14-13(7-12(11)20)23-17-10-5-9(10)16(24(14)17)8-3-1-2-4-15(8)25-18(21)22/h1-4,6-7,9-10,16,18H,5H2/t9?,10-,16+/m1/s1. The predicted molar refractivity (Wildman–Crippen MR) is 89.5 cm³/mol. The van der Waals surface area contributed by atoms with E-state index >= 15 is 0 Å². The third kappa shape index (κ3) is 2.21. The van der Waals surface area contributed by atoms with Crippen molar-refractivity contribution in [2.75, 3.05) is 0 Å². The molecule has 2 aliphatic rings. The van der Waals surface area contributed by atoms with Crippen LogP contribution in [0.4, 0.5) is 13.2 Å². The number of hydrogen-bond donors (Lipinski definition) is 0. The van der Waals surface area contributed by atoms with E-state index in [1.165, 1.54) is 6.07 Å². The molecule has 128 valence electrons. The van der Waals surface area contributed by atoms with E-state index in [9.17, 15) is 13.2 Å². The highest BCUT2D eigenvalue weighted by Gasteiger charge is 2.55. The summed E-state index contributed by atoms with van der Waals surface area (Å²) in [5.41, 5.74) is 2.10. The first kappa shape index (κ1) is 15.3. The Morgan fingerprint density at radius 2 is 2.04 bits per heavy atom. The van der Waals surface area contributed by atoms with Crippen LogP contribution < -0.4 is 4.74 Å². The molecule has 3 nitrogen and oxygen atoms in total. The Bertz CT molecular complexity index is 1000. The molecule has 25 heavy (non-hydrogen) atoms. The lowest BCUT2D eigenvalue weighted by molar-refractivity contribution is -0.0507. The van der Waals surface area contributed by atoms with Crippen LogP contribution in [0.2, 0.25) is 0 Å². The first-order valence-corrected chi connectivity index (χ1v) is 8.74. The third-order valence-corrected chi connectivity index (χ3v) is 5.68. The van der Waals surface area contributed by atoms with E-state index in [4.69, 9.17) is 4.74 Å². The molecule has 0 radical (unpaired) electrons. The van der Waals surface area contributed by atoms with Crippen molar-refractivity contribution < 1.29 is 17.9 Å². The van der Waals surface area contributed by atoms with E-state index in [2.05, 4.69) is 20.9 Å². The number of ether oxygens (including phenoxy) is 1. The summed E-state index contributed by atoms with van der Waals surface area (Å²) in [6.07, 6.45) is 0.959. The number of para-hydroxylation sites is 1. The zero-order valence-electron chi connectivity index (χ0n) is 12.8. The Morgan fingerprint density at radius 1 is 1.24 bits per heavy atom. The Labute approximate surface area is 149 Å². The fourth-order valence-corrected chi connectivity index (χ4v) is 4.34. The molecular formula is C18H12BrF3N2O. The summed E-state index contributed by atoms with van der Waals surface area (Å²) in [7, 11) is 0. The number of benzene rings is 2. The molecule has 1 fully saturated rings. The molecular weight excluding hydrogens is 397 g/mol. The topological polar surface area (TPSA) is 27.1 Å². The zero-order chi connectivity index (χ0) is 17.3. The maximum atomic E-state index is 13.8. The minimum Gasteiger partial charge on any atom is -0.434 e. The van der Waals surface area contributed by atoms with Crippen molar-refractivity contribution in [2.45, 2.75) is 25.0 Å². The van der Waals surface area contributed by atoms with Crippen molar-refractivity contribution in [1.82, 2.24) is 9.55 Å². The second-order valence-electron chi connectivity index (χ2n) is 6.46. The van der Waals surface area contributed by atoms with Crippen molar-refractivity contribution in [3.05, 3.63) is 58.1 Å². The Balaban J connectivity index is 1.71. The summed E-state index contributed by atoms with van der Waals surface area (Å²) in [6.45, 7) is -2.88. The Kier molecular flexibility index (Phi) is 3.20. The molecule has 7 heteroatoms. The molecule has 1 saturated carbocycles. The van der Waals surface area contributed by atoms with Gasteiger partial charge < -0.3 is 9.30 Å². The Morgan fingerprint density at radius 3 is 2.84 bits per heavy atom. The van der Waals surface area contributed by atoms with Crippen LogP contribution >= 0.6 is 15.9 Å². The quantitative estimate of drug-likeness (QED) is 0.591. The van der Waals surface area contributed by atoms with Crippen molar-refractivity contribution in [2.24, 2.45) is 5.92 Å². The van der Waals surface area contributed by atoms with Crippen molar-refractivity contribution in [1.29, 1.82) is 0 Å². The van der Waals surface area contributed by atoms with Crippen LogP contribution in [-0.2, 0) is 0 Å². The molecule has 2 heterocycles. The van der Waals surface area contributed by atoms with Crippen LogP contribution in [0.25, 0.3) is 11.0 Å². The van der Waals surface area contributed by atoms with E-state index in [1.807, 2.05) is 16.7 Å². The molecule has 1 aliphatic heterocycles. The lowest BCUT2D eigenvalue weighted by Crippen LogP contribution is -2.13. The van der Waals surface area contributed by atoms with Crippen molar-refractivity contribution in [3.63, 3.8) is 0 Å². The first-order valence-electron chi connectivity index (χ1n) is 7.95. The van der Waals surface area contributed by atoms with Gasteiger partial charge in [0.25, 0.3) is 0 Å². The van der Waals surface area contributed by atoms with Crippen molar-refractivity contribution >= 4 is 27.0 Å². The number of imidazole rings is 1. The van der Waals surface area contributed by atoms with Gasteiger partial charge in [0.05, 0.1) is 21.5 Å². The van der Waals surface area contributed by atoms with Gasteiger partial charge in [0, 0.05) is 17.5 Å². The maximum absolute atomic E-state index is 13.8. The molecule has 0 spiro atoms. The minimum absolute atomic E-state index is 0.127. The molecule has 0 N–H and O–H groups in total. The Hall–Kier alpha value is -2.02. The molecule has 3 atom stereocenters. The van der Waals surface area contributed by atoms with Crippen LogP contribution in [0.1, 0.15) is 29.8 Å². The van der Waals surface area contributed by atoms with Gasteiger partial charge in [-0.05, 0) is 40.4 Å². The highest BCUT2D eigenvalue weighted by Crippen LogP contribution is 2.62. The SMILES string of the molecule is Fc1cc2nc3n(c2cc1Br)[C@@H](c1ccccc1OC(F)F)C1C[C@@H]31. The fraction of sp³-hybridized carbons (Fsp3) is 0.278. The summed E-state index contributed by atoms with van der Waals surface area (Å²) < 4.78 is 46.6. The van der Waals surface area contributed by atoms with Gasteiger partial charge in [-0.15, -0.1) is 0 Å². The lowest BCUT2D eigenvalue weighted by atomic mass is 10.0. The first-order chi connectivity index (χ1) is 12.0. The van der Waals surface area contributed by atoms with Crippen molar-refractivity contribution in [3.8, 4) is 5.75 Å². The molecule has 0 amide bonds. The normalized spacial score (nSPS) is 23.8. The number of alkyl halides is 2. The van der Waals surface area contributed by atoms with Gasteiger partial charge in [0.2, 0.25) is 0 Å². The van der Waals surface area contributed by atoms with E-state index < -0.39 is 6.61 Å². The number of aromatic nitrogens is 2. The average molecular weight is 409 g/mol. The number of fused-ring (bicyclic) bond motifs is 5. The average Bonchev–Trinajstić information content (AvgIpc) is 3.18. The highest BCUT2D eigenvalue weighted by molar-refractivity contribution is 9.10. The van der Waals surface area contributed by atoms with E-state index in [1.54, 1.807) is 18.2 Å². The van der Waals surface area contributed by atoms with Crippen LogP contribution in [0.15, 0.2) is 40.9 Å². The summed E-state index contributed by atoms with van der Waals surface area (Å²) in [5, 5.41) is 0. The van der Waals surface area contributed by atoms with Crippen LogP contribution in [0.3, 0.4) is 0 Å². The summed E-state index contributed by atoms with van der Waals surface area (Å²) >= 11 is 3.22. The second-order valence-corrected chi connectivity index (χ2v) is 7.32. The molecule has 0 saturated heterocycles. The van der Waals surface area contributed by atoms with Crippen LogP contribution in [0, 0.1) is 11.7 Å². The van der Waals surface area contributed by atoms with Crippen LogP contribution in [-0.4, -0.2) is 16.2 Å². The second kappa shape index (κ2) is 5.24. The van der Waals surface area contributed by atoms with E-state index in [-0.39, 0.29) is 17.6 Å². The molecule has 1 unspecified atom stereocenters. The van der Waals surface area contributed by atoms with E-state index in [0.29, 0.717) is 27.4 Å². The molecule has 1 aliphatic carbocycles. The predicted octanol–water partition coefficient (Wildman–Crippen LogP) is 5.25. The molecule has 3 aromatic rings. The smallest absolute Gasteiger partial charge is 0.387 e. The lowest BCUT2D eigenvalue weighted by Gasteiger charge is -2.21. The monoisotopic (exact) mass is 408 g/mol. The van der Waals surface area contributed by atoms with Gasteiger partial charge in [-0.25, -0.2) is 9.37 Å². The van der Waals surface area contributed by atoms with Gasteiger partial charge in [-0.2, -0.15) is 8.78 Å². The summed E-state index contributed by atoms with van der Waals surface area (Å²) in [6, 6.07) is 9.85. The molecule has 2 aromatic carbocycles. The van der Waals surface area contributed by atoms with E-state index in [0.717, 1.165) is 17.8 Å². The molecule has 5 rings (SSSR count). The summed E-state index contributed by atoms with van der Waals surface area (Å²) in [4.78, 5) is 4.60. The number of halogens is 4. The van der Waals surface area contributed by atoms with Gasteiger partial charge in [0.1, 0.15) is 17.4 Å². The van der Waals surface area contributed by atoms with Crippen LogP contribution in [0.5, 0.6) is 5.75 Å². The largest absolute Gasteiger partial charge is 0.434 e. The zero-order valence-corrected chi connectivity index (χ0v) is 14.4. The fourth-order valence-electron chi connectivity index (χ4n) is 4.01. The van der Waals surface area contributed by atoms with Gasteiger partial charge in [0.15, 0.2) is 0 Å². The van der Waals surface area contributed by atoms with Gasteiger partial charge >= 0.3 is 6.61 Å². The minimum atomic E-state index is -2.88. The highest BCUT2D eigenvalue weighted by atomic mass is 79.9. The van der Waals surface area contributed by atoms with Gasteiger partial charge in [-0.1, -0.05) is 18.2 Å². The molecule has 1 aromatic heterocycles. The summed E-state index contributed by atoms with van der Waals surface area (Å²) in [5.74, 6) is 1.32. The maximum Gasteiger partial charge on any atom is 0.387 e. The molecule has 0 bridgehead atoms. The number of hydrogen-bond acceptors (Lipinski definition) is 2. The third-order valence-electron chi connectivity index (χ3n) is 5.07. The number of rotatable bonds is 3. The number of nitrogens with zero attached hydrogens (tertiary/aromatic N) is 2. The van der Waals surface area contributed by atoms with Gasteiger partial charge in [-0.3, -0.25) is 0 Å².